The highest BCUT2D eigenvalue weighted by Gasteiger charge is 2.21. The van der Waals surface area contributed by atoms with Gasteiger partial charge in [0.25, 0.3) is 0 Å². The van der Waals surface area contributed by atoms with Gasteiger partial charge < -0.3 is 14.7 Å². The molecule has 27 heavy (non-hydrogen) atoms. The van der Waals surface area contributed by atoms with E-state index in [9.17, 15) is 0 Å². The summed E-state index contributed by atoms with van der Waals surface area (Å²) in [6, 6.07) is 10.7. The molecule has 1 unspecified atom stereocenters. The Bertz CT molecular complexity index is 761. The number of aromatic nitrogens is 1. The van der Waals surface area contributed by atoms with E-state index in [1.54, 1.807) is 0 Å². The predicted molar refractivity (Wildman–Crippen MR) is 109 cm³/mol. The number of rotatable bonds is 5. The molecular formula is C21H31N5O. The number of aryl methyl sites for hydroxylation is 2. The van der Waals surface area contributed by atoms with E-state index >= 15 is 0 Å². The fraction of sp³-hybridized carbons (Fsp3) is 0.524. The number of guanidine groups is 1. The molecule has 0 bridgehead atoms. The SMILES string of the molecule is CN=C(NCC(C)c1cccc(C)c1)N1CCN(Cc2cc(C)on2)CC1. The molecule has 1 aromatic heterocycles. The van der Waals surface area contributed by atoms with Crippen molar-refractivity contribution in [2.24, 2.45) is 4.99 Å². The Kier molecular flexibility index (Phi) is 6.50. The summed E-state index contributed by atoms with van der Waals surface area (Å²) in [5, 5.41) is 7.65. The lowest BCUT2D eigenvalue weighted by molar-refractivity contribution is 0.169. The number of hydrogen-bond acceptors (Lipinski definition) is 4. The van der Waals surface area contributed by atoms with Crippen LogP contribution in [0, 0.1) is 13.8 Å². The minimum absolute atomic E-state index is 0.443. The molecule has 1 fully saturated rings. The predicted octanol–water partition coefficient (Wildman–Crippen LogP) is 2.79. The van der Waals surface area contributed by atoms with E-state index in [2.05, 4.69) is 63.4 Å². The van der Waals surface area contributed by atoms with Crippen LogP contribution in [0.5, 0.6) is 0 Å². The Morgan fingerprint density at radius 1 is 1.22 bits per heavy atom. The molecule has 6 heteroatoms. The van der Waals surface area contributed by atoms with Gasteiger partial charge in [0, 0.05) is 52.4 Å². The van der Waals surface area contributed by atoms with Crippen molar-refractivity contribution < 1.29 is 4.52 Å². The molecule has 0 radical (unpaired) electrons. The molecule has 1 aliphatic heterocycles. The maximum Gasteiger partial charge on any atom is 0.193 e. The van der Waals surface area contributed by atoms with Gasteiger partial charge >= 0.3 is 0 Å². The van der Waals surface area contributed by atoms with Crippen LogP contribution in [0.3, 0.4) is 0 Å². The van der Waals surface area contributed by atoms with Gasteiger partial charge in [0.2, 0.25) is 0 Å². The van der Waals surface area contributed by atoms with Gasteiger partial charge in [-0.2, -0.15) is 0 Å². The first-order chi connectivity index (χ1) is 13.0. The molecule has 3 rings (SSSR count). The molecule has 1 N–H and O–H groups in total. The summed E-state index contributed by atoms with van der Waals surface area (Å²) in [6.45, 7) is 12.0. The molecule has 146 valence electrons. The molecular weight excluding hydrogens is 338 g/mol. The first-order valence-electron chi connectivity index (χ1n) is 9.72. The summed E-state index contributed by atoms with van der Waals surface area (Å²) in [5.41, 5.74) is 3.68. The first kappa shape index (κ1) is 19.4. The van der Waals surface area contributed by atoms with Crippen molar-refractivity contribution in [3.63, 3.8) is 0 Å². The molecule has 2 heterocycles. The number of benzene rings is 1. The van der Waals surface area contributed by atoms with Crippen molar-refractivity contribution in [1.29, 1.82) is 0 Å². The third-order valence-corrected chi connectivity index (χ3v) is 5.12. The van der Waals surface area contributed by atoms with Crippen LogP contribution in [0.15, 0.2) is 39.8 Å². The van der Waals surface area contributed by atoms with Gasteiger partial charge in [0.05, 0.1) is 5.69 Å². The Labute approximate surface area is 162 Å². The van der Waals surface area contributed by atoms with Crippen molar-refractivity contribution in [1.82, 2.24) is 20.3 Å². The second-order valence-corrected chi connectivity index (χ2v) is 7.44. The monoisotopic (exact) mass is 369 g/mol. The van der Waals surface area contributed by atoms with Gasteiger partial charge in [-0.15, -0.1) is 0 Å². The van der Waals surface area contributed by atoms with Crippen LogP contribution in [0.4, 0.5) is 0 Å². The van der Waals surface area contributed by atoms with Crippen LogP contribution in [-0.4, -0.2) is 60.7 Å². The average molecular weight is 370 g/mol. The lowest BCUT2D eigenvalue weighted by Crippen LogP contribution is -2.52. The Morgan fingerprint density at radius 3 is 2.63 bits per heavy atom. The van der Waals surface area contributed by atoms with Gasteiger partial charge in [0.15, 0.2) is 5.96 Å². The average Bonchev–Trinajstić information content (AvgIpc) is 3.08. The highest BCUT2D eigenvalue weighted by atomic mass is 16.5. The molecule has 6 nitrogen and oxygen atoms in total. The van der Waals surface area contributed by atoms with E-state index in [1.165, 1.54) is 11.1 Å². The molecule has 1 aliphatic rings. The Balaban J connectivity index is 1.47. The number of piperazine rings is 1. The van der Waals surface area contributed by atoms with E-state index < -0.39 is 0 Å². The molecule has 0 amide bonds. The molecule has 1 aromatic carbocycles. The zero-order valence-corrected chi connectivity index (χ0v) is 16.9. The zero-order valence-electron chi connectivity index (χ0n) is 16.9. The topological polar surface area (TPSA) is 56.9 Å². The van der Waals surface area contributed by atoms with Gasteiger partial charge in [-0.1, -0.05) is 41.9 Å². The second kappa shape index (κ2) is 9.04. The first-order valence-corrected chi connectivity index (χ1v) is 9.72. The zero-order chi connectivity index (χ0) is 19.2. The lowest BCUT2D eigenvalue weighted by atomic mass is 9.99. The van der Waals surface area contributed by atoms with Crippen LogP contribution < -0.4 is 5.32 Å². The normalized spacial score (nSPS) is 17.2. The summed E-state index contributed by atoms with van der Waals surface area (Å²) in [6.07, 6.45) is 0. The van der Waals surface area contributed by atoms with E-state index in [1.807, 2.05) is 20.0 Å². The van der Waals surface area contributed by atoms with E-state index in [-0.39, 0.29) is 0 Å². The molecule has 1 atom stereocenters. The molecule has 0 aliphatic carbocycles. The standard InChI is InChI=1S/C21H31N5O/c1-16-6-5-7-19(12-16)17(2)14-23-21(22-4)26-10-8-25(9-11-26)15-20-13-18(3)27-24-20/h5-7,12-13,17H,8-11,14-15H2,1-4H3,(H,22,23). The third kappa shape index (κ3) is 5.32. The van der Waals surface area contributed by atoms with Crippen LogP contribution >= 0.6 is 0 Å². The van der Waals surface area contributed by atoms with E-state index in [0.717, 1.165) is 56.7 Å². The highest BCUT2D eigenvalue weighted by molar-refractivity contribution is 5.80. The van der Waals surface area contributed by atoms with Crippen LogP contribution in [0.25, 0.3) is 0 Å². The third-order valence-electron chi connectivity index (χ3n) is 5.12. The molecule has 0 spiro atoms. The summed E-state index contributed by atoms with van der Waals surface area (Å²) in [5.74, 6) is 2.31. The smallest absolute Gasteiger partial charge is 0.193 e. The summed E-state index contributed by atoms with van der Waals surface area (Å²) in [4.78, 5) is 9.25. The van der Waals surface area contributed by atoms with Crippen LogP contribution in [0.2, 0.25) is 0 Å². The van der Waals surface area contributed by atoms with E-state index in [0.29, 0.717) is 5.92 Å². The number of hydrogen-bond donors (Lipinski definition) is 1. The van der Waals surface area contributed by atoms with Gasteiger partial charge in [0.1, 0.15) is 5.76 Å². The number of aliphatic imine (C=N–C) groups is 1. The Hall–Kier alpha value is -2.34. The Morgan fingerprint density at radius 2 is 2.00 bits per heavy atom. The highest BCUT2D eigenvalue weighted by Crippen LogP contribution is 2.16. The van der Waals surface area contributed by atoms with Gasteiger partial charge in [-0.05, 0) is 25.3 Å². The quantitative estimate of drug-likeness (QED) is 0.649. The minimum Gasteiger partial charge on any atom is -0.361 e. The summed E-state index contributed by atoms with van der Waals surface area (Å²) in [7, 11) is 1.87. The van der Waals surface area contributed by atoms with Gasteiger partial charge in [-0.3, -0.25) is 9.89 Å². The molecule has 0 saturated carbocycles. The van der Waals surface area contributed by atoms with Crippen molar-refractivity contribution in [2.45, 2.75) is 33.2 Å². The maximum atomic E-state index is 5.16. The fourth-order valence-electron chi connectivity index (χ4n) is 3.51. The van der Waals surface area contributed by atoms with Crippen LogP contribution in [-0.2, 0) is 6.54 Å². The fourth-order valence-corrected chi connectivity index (χ4v) is 3.51. The van der Waals surface area contributed by atoms with Crippen LogP contribution in [0.1, 0.15) is 35.4 Å². The minimum atomic E-state index is 0.443. The van der Waals surface area contributed by atoms with Crippen molar-refractivity contribution in [3.8, 4) is 0 Å². The summed E-state index contributed by atoms with van der Waals surface area (Å²) < 4.78 is 5.16. The number of nitrogens with zero attached hydrogens (tertiary/aromatic N) is 4. The maximum absolute atomic E-state index is 5.16. The van der Waals surface area contributed by atoms with E-state index in [4.69, 9.17) is 4.52 Å². The van der Waals surface area contributed by atoms with Crippen molar-refractivity contribution in [3.05, 3.63) is 52.9 Å². The largest absolute Gasteiger partial charge is 0.361 e. The van der Waals surface area contributed by atoms with Crippen molar-refractivity contribution >= 4 is 5.96 Å². The van der Waals surface area contributed by atoms with Gasteiger partial charge in [-0.25, -0.2) is 0 Å². The molecule has 2 aromatic rings. The lowest BCUT2D eigenvalue weighted by Gasteiger charge is -2.36. The van der Waals surface area contributed by atoms with Crippen molar-refractivity contribution in [2.75, 3.05) is 39.8 Å². The molecule has 1 saturated heterocycles. The second-order valence-electron chi connectivity index (χ2n) is 7.44. The summed E-state index contributed by atoms with van der Waals surface area (Å²) >= 11 is 0. The number of nitrogens with one attached hydrogen (secondary N) is 1.